The lowest BCUT2D eigenvalue weighted by atomic mass is 9.90. The molecule has 0 spiro atoms. The van der Waals surface area contributed by atoms with E-state index < -0.39 is 5.54 Å². The van der Waals surface area contributed by atoms with Crippen molar-refractivity contribution in [2.45, 2.75) is 45.6 Å². The summed E-state index contributed by atoms with van der Waals surface area (Å²) in [6.45, 7) is 6.77. The van der Waals surface area contributed by atoms with Crippen LogP contribution < -0.4 is 10.6 Å². The number of hydrogen-bond acceptors (Lipinski definition) is 3. The second-order valence-corrected chi connectivity index (χ2v) is 5.34. The Morgan fingerprint density at radius 1 is 1.44 bits per heavy atom. The van der Waals surface area contributed by atoms with Crippen molar-refractivity contribution in [3.8, 4) is 0 Å². The van der Waals surface area contributed by atoms with E-state index in [1.54, 1.807) is 4.68 Å². The summed E-state index contributed by atoms with van der Waals surface area (Å²) in [5, 5.41) is 10.7. The van der Waals surface area contributed by atoms with E-state index in [1.165, 1.54) is 0 Å². The second-order valence-electron chi connectivity index (χ2n) is 5.34. The molecule has 5 nitrogen and oxygen atoms in total. The van der Waals surface area contributed by atoms with Gasteiger partial charge in [-0.25, -0.2) is 0 Å². The van der Waals surface area contributed by atoms with Gasteiger partial charge in [-0.05, 0) is 46.6 Å². The van der Waals surface area contributed by atoms with E-state index in [2.05, 4.69) is 15.7 Å². The summed E-state index contributed by atoms with van der Waals surface area (Å²) in [6.07, 6.45) is 3.13. The maximum absolute atomic E-state index is 12.4. The maximum atomic E-state index is 12.4. The van der Waals surface area contributed by atoms with Crippen LogP contribution in [-0.2, 0) is 11.8 Å². The minimum atomic E-state index is -0.451. The van der Waals surface area contributed by atoms with Crippen LogP contribution in [0.1, 0.15) is 37.6 Å². The van der Waals surface area contributed by atoms with Gasteiger partial charge in [0.25, 0.3) is 0 Å². The topological polar surface area (TPSA) is 59.0 Å². The lowest BCUT2D eigenvalue weighted by molar-refractivity contribution is -0.122. The molecule has 1 amide bonds. The molecule has 2 rings (SSSR count). The van der Waals surface area contributed by atoms with E-state index >= 15 is 0 Å². The van der Waals surface area contributed by atoms with Crippen LogP contribution in [0.15, 0.2) is 0 Å². The van der Waals surface area contributed by atoms with Gasteiger partial charge in [0.05, 0.1) is 22.6 Å². The molecule has 0 saturated carbocycles. The average molecular weight is 250 g/mol. The number of rotatable bonds is 2. The second kappa shape index (κ2) is 4.72. The van der Waals surface area contributed by atoms with Gasteiger partial charge in [0, 0.05) is 7.05 Å². The summed E-state index contributed by atoms with van der Waals surface area (Å²) in [7, 11) is 1.89. The van der Waals surface area contributed by atoms with Crippen LogP contribution >= 0.6 is 0 Å². The Morgan fingerprint density at radius 2 is 2.17 bits per heavy atom. The first-order valence-corrected chi connectivity index (χ1v) is 6.51. The van der Waals surface area contributed by atoms with Crippen LogP contribution in [0.2, 0.25) is 0 Å². The number of carbonyl (C=O) groups is 1. The number of aryl methyl sites for hydroxylation is 2. The van der Waals surface area contributed by atoms with Crippen molar-refractivity contribution in [2.24, 2.45) is 7.05 Å². The van der Waals surface area contributed by atoms with Crippen LogP contribution in [0, 0.1) is 13.8 Å². The molecule has 100 valence electrons. The van der Waals surface area contributed by atoms with E-state index in [-0.39, 0.29) is 5.91 Å². The molecule has 1 atom stereocenters. The molecule has 0 bridgehead atoms. The van der Waals surface area contributed by atoms with Gasteiger partial charge in [-0.15, -0.1) is 0 Å². The summed E-state index contributed by atoms with van der Waals surface area (Å²) in [5.74, 6) is 0.0430. The summed E-state index contributed by atoms with van der Waals surface area (Å²) in [5.41, 5.74) is 2.24. The molecular formula is C13H22N4O. The number of nitrogens with one attached hydrogen (secondary N) is 2. The smallest absolute Gasteiger partial charge is 0.244 e. The first kappa shape index (κ1) is 13.1. The molecule has 0 aromatic carbocycles. The Bertz CT molecular complexity index is 458. The van der Waals surface area contributed by atoms with E-state index in [4.69, 9.17) is 0 Å². The highest BCUT2D eigenvalue weighted by molar-refractivity contribution is 5.98. The average Bonchev–Trinajstić information content (AvgIpc) is 2.57. The highest BCUT2D eigenvalue weighted by atomic mass is 16.2. The highest BCUT2D eigenvalue weighted by Gasteiger charge is 2.34. The molecule has 1 aromatic heterocycles. The molecule has 0 radical (unpaired) electrons. The van der Waals surface area contributed by atoms with E-state index in [0.29, 0.717) is 0 Å². The minimum absolute atomic E-state index is 0.0430. The molecule has 2 heterocycles. The van der Waals surface area contributed by atoms with Crippen molar-refractivity contribution in [2.75, 3.05) is 11.9 Å². The normalized spacial score (nSPS) is 24.0. The zero-order chi connectivity index (χ0) is 13.3. The van der Waals surface area contributed by atoms with Crippen molar-refractivity contribution in [3.63, 3.8) is 0 Å². The van der Waals surface area contributed by atoms with Gasteiger partial charge in [0.2, 0.25) is 5.91 Å². The molecule has 1 unspecified atom stereocenters. The number of anilines is 1. The highest BCUT2D eigenvalue weighted by Crippen LogP contribution is 2.24. The van der Waals surface area contributed by atoms with Crippen LogP contribution in [-0.4, -0.2) is 27.8 Å². The molecule has 1 fully saturated rings. The predicted molar refractivity (Wildman–Crippen MR) is 71.6 cm³/mol. The standard InChI is InChI=1S/C13H22N4O/c1-9-11(10(2)17(4)16-9)15-12(18)13(3)7-5-6-8-14-13/h14H,5-8H2,1-4H3,(H,15,18). The number of aromatic nitrogens is 2. The van der Waals surface area contributed by atoms with Crippen LogP contribution in [0.3, 0.4) is 0 Å². The van der Waals surface area contributed by atoms with Gasteiger partial charge in [-0.3, -0.25) is 9.48 Å². The predicted octanol–water partition coefficient (Wildman–Crippen LogP) is 1.51. The van der Waals surface area contributed by atoms with Gasteiger partial charge in [-0.2, -0.15) is 5.10 Å². The molecule has 2 N–H and O–H groups in total. The molecule has 1 saturated heterocycles. The lowest BCUT2D eigenvalue weighted by Crippen LogP contribution is -2.54. The fourth-order valence-corrected chi connectivity index (χ4v) is 2.46. The minimum Gasteiger partial charge on any atom is -0.321 e. The Hall–Kier alpha value is -1.36. The molecular weight excluding hydrogens is 228 g/mol. The Kier molecular flexibility index (Phi) is 3.43. The van der Waals surface area contributed by atoms with Crippen LogP contribution in [0.25, 0.3) is 0 Å². The first-order chi connectivity index (χ1) is 8.44. The number of hydrogen-bond donors (Lipinski definition) is 2. The molecule has 0 aliphatic carbocycles. The summed E-state index contributed by atoms with van der Waals surface area (Å²) in [4.78, 5) is 12.4. The summed E-state index contributed by atoms with van der Waals surface area (Å²) in [6, 6.07) is 0. The number of nitrogens with zero attached hydrogens (tertiary/aromatic N) is 2. The number of amides is 1. The van der Waals surface area contributed by atoms with Crippen molar-refractivity contribution in [3.05, 3.63) is 11.4 Å². The quantitative estimate of drug-likeness (QED) is 0.836. The largest absolute Gasteiger partial charge is 0.321 e. The first-order valence-electron chi connectivity index (χ1n) is 6.51. The molecule has 18 heavy (non-hydrogen) atoms. The number of carbonyl (C=O) groups excluding carboxylic acids is 1. The zero-order valence-electron chi connectivity index (χ0n) is 11.6. The summed E-state index contributed by atoms with van der Waals surface area (Å²) < 4.78 is 1.79. The SMILES string of the molecule is Cc1nn(C)c(C)c1NC(=O)C1(C)CCCCN1. The van der Waals surface area contributed by atoms with Crippen molar-refractivity contribution < 1.29 is 4.79 Å². The van der Waals surface area contributed by atoms with Crippen LogP contribution in [0.5, 0.6) is 0 Å². The third-order valence-corrected chi connectivity index (χ3v) is 3.87. The lowest BCUT2D eigenvalue weighted by Gasteiger charge is -2.33. The fourth-order valence-electron chi connectivity index (χ4n) is 2.46. The number of piperidine rings is 1. The molecule has 5 heteroatoms. The Morgan fingerprint density at radius 3 is 2.67 bits per heavy atom. The van der Waals surface area contributed by atoms with Gasteiger partial charge < -0.3 is 10.6 Å². The Labute approximate surface area is 108 Å². The zero-order valence-corrected chi connectivity index (χ0v) is 11.6. The van der Waals surface area contributed by atoms with E-state index in [1.807, 2.05) is 27.8 Å². The maximum Gasteiger partial charge on any atom is 0.244 e. The third-order valence-electron chi connectivity index (χ3n) is 3.87. The van der Waals surface area contributed by atoms with Crippen molar-refractivity contribution in [1.82, 2.24) is 15.1 Å². The van der Waals surface area contributed by atoms with Crippen LogP contribution in [0.4, 0.5) is 5.69 Å². The monoisotopic (exact) mass is 250 g/mol. The Balaban J connectivity index is 2.16. The van der Waals surface area contributed by atoms with Gasteiger partial charge in [0.1, 0.15) is 0 Å². The molecule has 1 aromatic rings. The van der Waals surface area contributed by atoms with Gasteiger partial charge >= 0.3 is 0 Å². The van der Waals surface area contributed by atoms with Gasteiger partial charge in [-0.1, -0.05) is 0 Å². The molecule has 1 aliphatic heterocycles. The van der Waals surface area contributed by atoms with Crippen molar-refractivity contribution >= 4 is 11.6 Å². The van der Waals surface area contributed by atoms with Crippen molar-refractivity contribution in [1.29, 1.82) is 0 Å². The van der Waals surface area contributed by atoms with E-state index in [0.717, 1.165) is 42.9 Å². The summed E-state index contributed by atoms with van der Waals surface area (Å²) >= 11 is 0. The fraction of sp³-hybridized carbons (Fsp3) is 0.692. The van der Waals surface area contributed by atoms with E-state index in [9.17, 15) is 4.79 Å². The third kappa shape index (κ3) is 2.27. The van der Waals surface area contributed by atoms with Gasteiger partial charge in [0.15, 0.2) is 0 Å². The molecule has 1 aliphatic rings.